The van der Waals surface area contributed by atoms with Crippen LogP contribution in [-0.4, -0.2) is 12.1 Å². The van der Waals surface area contributed by atoms with Gasteiger partial charge in [-0.05, 0) is 24.2 Å². The minimum Gasteiger partial charge on any atom is -0.462 e. The summed E-state index contributed by atoms with van der Waals surface area (Å²) in [6, 6.07) is 0. The molecule has 3 fully saturated rings. The highest BCUT2D eigenvalue weighted by atomic mass is 16.6. The summed E-state index contributed by atoms with van der Waals surface area (Å²) in [5.74, 6) is 2.88. The highest BCUT2D eigenvalue weighted by Gasteiger charge is 2.63. The number of hydrogen-bond donors (Lipinski definition) is 0. The molecule has 3 rings (SSSR count). The number of carbonyl (C=O) groups is 1. The SMILES string of the molecule is C[C@@H]1C2C[C@@H]3C1OC(=O)C3[C@H]2C. The van der Waals surface area contributed by atoms with Gasteiger partial charge in [-0.15, -0.1) is 0 Å². The van der Waals surface area contributed by atoms with Crippen LogP contribution in [0.25, 0.3) is 0 Å². The van der Waals surface area contributed by atoms with Crippen LogP contribution in [0.5, 0.6) is 0 Å². The molecule has 2 heteroatoms. The van der Waals surface area contributed by atoms with Crippen molar-refractivity contribution in [2.45, 2.75) is 26.4 Å². The predicted molar refractivity (Wildman–Crippen MR) is 43.3 cm³/mol. The van der Waals surface area contributed by atoms with Crippen LogP contribution in [0.3, 0.4) is 0 Å². The minimum absolute atomic E-state index is 0.0874. The Hall–Kier alpha value is -0.530. The highest BCUT2D eigenvalue weighted by molar-refractivity contribution is 5.77. The van der Waals surface area contributed by atoms with Crippen LogP contribution in [0.1, 0.15) is 20.3 Å². The fraction of sp³-hybridized carbons (Fsp3) is 0.900. The van der Waals surface area contributed by atoms with E-state index in [1.165, 1.54) is 6.42 Å². The first-order valence-electron chi connectivity index (χ1n) is 4.90. The van der Waals surface area contributed by atoms with Crippen LogP contribution in [-0.2, 0) is 9.53 Å². The van der Waals surface area contributed by atoms with Crippen LogP contribution in [0.15, 0.2) is 0 Å². The highest BCUT2D eigenvalue weighted by Crippen LogP contribution is 2.59. The van der Waals surface area contributed by atoms with Gasteiger partial charge in [-0.2, -0.15) is 0 Å². The van der Waals surface area contributed by atoms with Crippen molar-refractivity contribution in [2.75, 3.05) is 0 Å². The third kappa shape index (κ3) is 0.540. The monoisotopic (exact) mass is 166 g/mol. The maximum Gasteiger partial charge on any atom is 0.309 e. The first kappa shape index (κ1) is 6.93. The average Bonchev–Trinajstić information content (AvgIpc) is 2.56. The summed E-state index contributed by atoms with van der Waals surface area (Å²) in [7, 11) is 0. The molecule has 0 N–H and O–H groups in total. The normalized spacial score (nSPS) is 61.0. The molecule has 2 nitrogen and oxygen atoms in total. The molecular formula is C10H14O2. The second kappa shape index (κ2) is 1.86. The van der Waals surface area contributed by atoms with Crippen molar-refractivity contribution in [3.05, 3.63) is 0 Å². The van der Waals surface area contributed by atoms with Crippen molar-refractivity contribution in [1.82, 2.24) is 0 Å². The van der Waals surface area contributed by atoms with Crippen LogP contribution >= 0.6 is 0 Å². The molecule has 12 heavy (non-hydrogen) atoms. The van der Waals surface area contributed by atoms with Crippen LogP contribution in [0.2, 0.25) is 0 Å². The second-order valence-corrected chi connectivity index (χ2v) is 4.71. The van der Waals surface area contributed by atoms with Gasteiger partial charge >= 0.3 is 5.97 Å². The first-order valence-corrected chi connectivity index (χ1v) is 4.90. The van der Waals surface area contributed by atoms with Gasteiger partial charge in [0, 0.05) is 5.92 Å². The van der Waals surface area contributed by atoms with E-state index in [1.54, 1.807) is 0 Å². The number of fused-ring (bicyclic) bond motifs is 1. The summed E-state index contributed by atoms with van der Waals surface area (Å²) < 4.78 is 5.38. The number of ether oxygens (including phenoxy) is 1. The van der Waals surface area contributed by atoms with Gasteiger partial charge in [0.05, 0.1) is 5.92 Å². The van der Waals surface area contributed by atoms with E-state index in [4.69, 9.17) is 4.74 Å². The van der Waals surface area contributed by atoms with E-state index < -0.39 is 0 Å². The lowest BCUT2D eigenvalue weighted by molar-refractivity contribution is -0.144. The van der Waals surface area contributed by atoms with E-state index in [1.807, 2.05) is 0 Å². The molecule has 0 spiro atoms. The topological polar surface area (TPSA) is 26.3 Å². The predicted octanol–water partition coefficient (Wildman–Crippen LogP) is 1.45. The number of esters is 1. The standard InChI is InChI=1S/C10H14O2/c1-4-6-3-7-8(4)10(11)12-9(7)5(6)2/h4-9H,3H2,1-2H3/t4-,5+,6?,7-,8?,9?/m0/s1. The summed E-state index contributed by atoms with van der Waals surface area (Å²) in [5.41, 5.74) is 0. The van der Waals surface area contributed by atoms with Crippen LogP contribution < -0.4 is 0 Å². The lowest BCUT2D eigenvalue weighted by atomic mass is 9.76. The molecule has 3 unspecified atom stereocenters. The van der Waals surface area contributed by atoms with Gasteiger partial charge in [0.2, 0.25) is 0 Å². The smallest absolute Gasteiger partial charge is 0.309 e. The largest absolute Gasteiger partial charge is 0.462 e. The van der Waals surface area contributed by atoms with E-state index in [0.717, 1.165) is 5.92 Å². The summed E-state index contributed by atoms with van der Waals surface area (Å²) >= 11 is 0. The molecule has 1 aliphatic heterocycles. The zero-order valence-electron chi connectivity index (χ0n) is 7.49. The van der Waals surface area contributed by atoms with Gasteiger partial charge in [-0.3, -0.25) is 4.79 Å². The Morgan fingerprint density at radius 1 is 1.25 bits per heavy atom. The van der Waals surface area contributed by atoms with E-state index in [0.29, 0.717) is 17.8 Å². The molecule has 0 aromatic heterocycles. The molecular weight excluding hydrogens is 152 g/mol. The molecule has 66 valence electrons. The molecule has 0 radical (unpaired) electrons. The molecule has 0 aromatic rings. The Labute approximate surface area is 72.3 Å². The molecule has 1 saturated heterocycles. The van der Waals surface area contributed by atoms with E-state index in [2.05, 4.69) is 13.8 Å². The molecule has 3 aliphatic rings. The quantitative estimate of drug-likeness (QED) is 0.509. The van der Waals surface area contributed by atoms with E-state index in [9.17, 15) is 4.79 Å². The van der Waals surface area contributed by atoms with Crippen molar-refractivity contribution < 1.29 is 9.53 Å². The summed E-state index contributed by atoms with van der Waals surface area (Å²) in [6.07, 6.45) is 1.52. The fourth-order valence-corrected chi connectivity index (χ4v) is 3.79. The zero-order valence-corrected chi connectivity index (χ0v) is 7.49. The Bertz CT molecular complexity index is 248. The minimum atomic E-state index is 0.0874. The van der Waals surface area contributed by atoms with E-state index >= 15 is 0 Å². The van der Waals surface area contributed by atoms with E-state index in [-0.39, 0.29) is 18.0 Å². The molecule has 0 aromatic carbocycles. The Kier molecular flexibility index (Phi) is 1.07. The van der Waals surface area contributed by atoms with Gasteiger partial charge in [-0.1, -0.05) is 13.8 Å². The van der Waals surface area contributed by atoms with Gasteiger partial charge in [-0.25, -0.2) is 0 Å². The maximum atomic E-state index is 11.4. The molecule has 6 atom stereocenters. The van der Waals surface area contributed by atoms with Crippen molar-refractivity contribution in [3.8, 4) is 0 Å². The Balaban J connectivity index is 2.06. The third-order valence-corrected chi connectivity index (χ3v) is 4.39. The molecule has 1 heterocycles. The fourth-order valence-electron chi connectivity index (χ4n) is 3.79. The van der Waals surface area contributed by atoms with Crippen molar-refractivity contribution in [1.29, 1.82) is 0 Å². The summed E-state index contributed by atoms with van der Waals surface area (Å²) in [4.78, 5) is 11.4. The lowest BCUT2D eigenvalue weighted by Gasteiger charge is -2.26. The zero-order chi connectivity index (χ0) is 8.46. The van der Waals surface area contributed by atoms with Gasteiger partial charge in [0.1, 0.15) is 6.10 Å². The van der Waals surface area contributed by atoms with Gasteiger partial charge in [0.25, 0.3) is 0 Å². The van der Waals surface area contributed by atoms with Crippen LogP contribution in [0.4, 0.5) is 0 Å². The van der Waals surface area contributed by atoms with Gasteiger partial charge < -0.3 is 4.74 Å². The summed E-state index contributed by atoms with van der Waals surface area (Å²) in [6.45, 7) is 4.45. The number of rotatable bonds is 0. The molecule has 2 saturated carbocycles. The first-order chi connectivity index (χ1) is 5.70. The molecule has 2 bridgehead atoms. The lowest BCUT2D eigenvalue weighted by Crippen LogP contribution is -2.30. The summed E-state index contributed by atoms with van der Waals surface area (Å²) in [5, 5.41) is 0. The molecule has 0 amide bonds. The maximum absolute atomic E-state index is 11.4. The van der Waals surface area contributed by atoms with Crippen molar-refractivity contribution >= 4 is 5.97 Å². The Morgan fingerprint density at radius 3 is 2.67 bits per heavy atom. The number of hydrogen-bond acceptors (Lipinski definition) is 2. The average molecular weight is 166 g/mol. The Morgan fingerprint density at radius 2 is 2.00 bits per heavy atom. The van der Waals surface area contributed by atoms with Crippen LogP contribution in [0, 0.1) is 29.6 Å². The van der Waals surface area contributed by atoms with Crippen molar-refractivity contribution in [2.24, 2.45) is 29.6 Å². The molecule has 2 aliphatic carbocycles. The van der Waals surface area contributed by atoms with Gasteiger partial charge in [0.15, 0.2) is 0 Å². The van der Waals surface area contributed by atoms with Crippen molar-refractivity contribution in [3.63, 3.8) is 0 Å². The number of carbonyl (C=O) groups excluding carboxylic acids is 1. The third-order valence-electron chi connectivity index (χ3n) is 4.39. The second-order valence-electron chi connectivity index (χ2n) is 4.71.